The Labute approximate surface area is 147 Å². The second-order valence-electron chi connectivity index (χ2n) is 6.93. The molecule has 24 heavy (non-hydrogen) atoms. The highest BCUT2D eigenvalue weighted by atomic mass is 35.5. The largest absolute Gasteiger partial charge is 0.494 e. The van der Waals surface area contributed by atoms with Crippen molar-refractivity contribution in [1.82, 2.24) is 0 Å². The molecule has 0 bridgehead atoms. The molecule has 0 radical (unpaired) electrons. The molecule has 1 aliphatic heterocycles. The SMILES string of the molecule is COc1ccc(NC(=O)C2(N)C3CCCOC3C2(C)C)cc1F.Cl. The summed E-state index contributed by atoms with van der Waals surface area (Å²) < 4.78 is 24.5. The molecule has 7 heteroatoms. The van der Waals surface area contributed by atoms with Gasteiger partial charge in [-0.25, -0.2) is 4.39 Å². The molecule has 3 unspecified atom stereocenters. The van der Waals surface area contributed by atoms with Crippen molar-refractivity contribution in [3.8, 4) is 5.75 Å². The third-order valence-corrected chi connectivity index (χ3v) is 5.47. The number of amides is 1. The molecular weight excluding hydrogens is 335 g/mol. The first-order chi connectivity index (χ1) is 10.8. The third-order valence-electron chi connectivity index (χ3n) is 5.47. The summed E-state index contributed by atoms with van der Waals surface area (Å²) in [6, 6.07) is 4.32. The molecule has 5 nitrogen and oxygen atoms in total. The molecule has 1 aromatic rings. The van der Waals surface area contributed by atoms with Crippen molar-refractivity contribution in [3.63, 3.8) is 0 Å². The fraction of sp³-hybridized carbons (Fsp3) is 0.588. The minimum atomic E-state index is -1.02. The Balaban J connectivity index is 0.00000208. The van der Waals surface area contributed by atoms with Gasteiger partial charge in [0.25, 0.3) is 0 Å². The van der Waals surface area contributed by atoms with Gasteiger partial charge in [0.15, 0.2) is 11.6 Å². The number of ether oxygens (including phenoxy) is 2. The summed E-state index contributed by atoms with van der Waals surface area (Å²) in [6.45, 7) is 4.62. The number of carbonyl (C=O) groups excluding carboxylic acids is 1. The van der Waals surface area contributed by atoms with Gasteiger partial charge in [0, 0.05) is 29.7 Å². The number of anilines is 1. The third kappa shape index (κ3) is 2.57. The standard InChI is InChI=1S/C17H23FN2O3.ClH/c1-16(2)14-11(5-4-8-23-14)17(16,19)15(21)20-10-6-7-13(22-3)12(18)9-10;/h6-7,9,11,14H,4-5,8,19H2,1-3H3,(H,20,21);1H. The van der Waals surface area contributed by atoms with Gasteiger partial charge in [0.1, 0.15) is 5.54 Å². The number of rotatable bonds is 3. The number of hydrogen-bond acceptors (Lipinski definition) is 4. The van der Waals surface area contributed by atoms with Crippen LogP contribution in [-0.2, 0) is 9.53 Å². The zero-order chi connectivity index (χ0) is 16.8. The van der Waals surface area contributed by atoms with Crippen molar-refractivity contribution in [3.05, 3.63) is 24.0 Å². The van der Waals surface area contributed by atoms with Crippen molar-refractivity contribution in [2.24, 2.45) is 17.1 Å². The monoisotopic (exact) mass is 358 g/mol. The highest BCUT2D eigenvalue weighted by Crippen LogP contribution is 2.57. The number of benzene rings is 1. The summed E-state index contributed by atoms with van der Waals surface area (Å²) in [5.41, 5.74) is 5.40. The van der Waals surface area contributed by atoms with Gasteiger partial charge in [0.2, 0.25) is 5.91 Å². The number of halogens is 2. The van der Waals surface area contributed by atoms with Gasteiger partial charge in [-0.05, 0) is 25.0 Å². The number of carbonyl (C=O) groups is 1. The fourth-order valence-corrected chi connectivity index (χ4v) is 4.02. The smallest absolute Gasteiger partial charge is 0.245 e. The quantitative estimate of drug-likeness (QED) is 0.871. The molecule has 1 aliphatic carbocycles. The van der Waals surface area contributed by atoms with Crippen molar-refractivity contribution >= 4 is 24.0 Å². The van der Waals surface area contributed by atoms with E-state index in [-0.39, 0.29) is 36.1 Å². The molecule has 2 fully saturated rings. The van der Waals surface area contributed by atoms with E-state index < -0.39 is 16.8 Å². The van der Waals surface area contributed by atoms with Crippen LogP contribution in [0.15, 0.2) is 18.2 Å². The van der Waals surface area contributed by atoms with Crippen LogP contribution in [0.3, 0.4) is 0 Å². The zero-order valence-electron chi connectivity index (χ0n) is 14.1. The first-order valence-electron chi connectivity index (χ1n) is 7.88. The lowest BCUT2D eigenvalue weighted by Crippen LogP contribution is -2.81. The van der Waals surface area contributed by atoms with Gasteiger partial charge in [0.05, 0.1) is 13.2 Å². The van der Waals surface area contributed by atoms with Crippen LogP contribution in [0.1, 0.15) is 26.7 Å². The molecular formula is C17H24ClFN2O3. The fourth-order valence-electron chi connectivity index (χ4n) is 4.02. The molecule has 1 amide bonds. The molecule has 1 saturated heterocycles. The molecule has 1 aromatic carbocycles. The Hall–Kier alpha value is -1.37. The molecule has 3 N–H and O–H groups in total. The van der Waals surface area contributed by atoms with Crippen LogP contribution < -0.4 is 15.8 Å². The van der Waals surface area contributed by atoms with Gasteiger partial charge < -0.3 is 20.5 Å². The first-order valence-corrected chi connectivity index (χ1v) is 7.88. The summed E-state index contributed by atoms with van der Waals surface area (Å²) in [7, 11) is 1.39. The second-order valence-corrected chi connectivity index (χ2v) is 6.93. The average molecular weight is 359 g/mol. The van der Waals surface area contributed by atoms with Crippen LogP contribution in [0.25, 0.3) is 0 Å². The van der Waals surface area contributed by atoms with E-state index in [1.807, 2.05) is 13.8 Å². The van der Waals surface area contributed by atoms with E-state index in [1.165, 1.54) is 19.2 Å². The van der Waals surface area contributed by atoms with Gasteiger partial charge >= 0.3 is 0 Å². The van der Waals surface area contributed by atoms with E-state index in [1.54, 1.807) is 6.07 Å². The van der Waals surface area contributed by atoms with Crippen LogP contribution in [0.4, 0.5) is 10.1 Å². The summed E-state index contributed by atoms with van der Waals surface area (Å²) in [5.74, 6) is -0.688. The number of nitrogens with two attached hydrogens (primary N) is 1. The number of hydrogen-bond donors (Lipinski definition) is 2. The Morgan fingerprint density at radius 2 is 2.17 bits per heavy atom. The van der Waals surface area contributed by atoms with E-state index >= 15 is 0 Å². The normalized spacial score (nSPS) is 30.4. The van der Waals surface area contributed by atoms with E-state index in [9.17, 15) is 9.18 Å². The topological polar surface area (TPSA) is 73.6 Å². The Bertz CT molecular complexity index is 640. The van der Waals surface area contributed by atoms with Gasteiger partial charge in [-0.15, -0.1) is 12.4 Å². The summed E-state index contributed by atoms with van der Waals surface area (Å²) >= 11 is 0. The Morgan fingerprint density at radius 3 is 2.79 bits per heavy atom. The van der Waals surface area contributed by atoms with Crippen molar-refractivity contribution in [1.29, 1.82) is 0 Å². The minimum Gasteiger partial charge on any atom is -0.494 e. The Kier molecular flexibility index (Phi) is 5.14. The number of fused-ring (bicyclic) bond motifs is 1. The van der Waals surface area contributed by atoms with Gasteiger partial charge in [-0.2, -0.15) is 0 Å². The molecule has 2 aliphatic rings. The van der Waals surface area contributed by atoms with Crippen LogP contribution in [0.5, 0.6) is 5.75 Å². The maximum absolute atomic E-state index is 13.8. The highest BCUT2D eigenvalue weighted by Gasteiger charge is 2.70. The summed E-state index contributed by atoms with van der Waals surface area (Å²) in [6.07, 6.45) is 1.77. The molecule has 3 atom stereocenters. The molecule has 0 aromatic heterocycles. The lowest BCUT2D eigenvalue weighted by Gasteiger charge is -2.65. The van der Waals surface area contributed by atoms with Crippen molar-refractivity contribution < 1.29 is 18.7 Å². The van der Waals surface area contributed by atoms with E-state index in [2.05, 4.69) is 5.32 Å². The van der Waals surface area contributed by atoms with Gasteiger partial charge in [-0.3, -0.25) is 4.79 Å². The molecule has 3 rings (SSSR count). The van der Waals surface area contributed by atoms with Crippen molar-refractivity contribution in [2.45, 2.75) is 38.3 Å². The van der Waals surface area contributed by atoms with Crippen molar-refractivity contribution in [2.75, 3.05) is 19.0 Å². The summed E-state index contributed by atoms with van der Waals surface area (Å²) in [4.78, 5) is 12.8. The maximum Gasteiger partial charge on any atom is 0.245 e. The van der Waals surface area contributed by atoms with Crippen LogP contribution in [0, 0.1) is 17.2 Å². The number of methoxy groups -OCH3 is 1. The lowest BCUT2D eigenvalue weighted by molar-refractivity contribution is -0.222. The van der Waals surface area contributed by atoms with Crippen LogP contribution in [-0.4, -0.2) is 31.3 Å². The van der Waals surface area contributed by atoms with E-state index in [4.69, 9.17) is 15.2 Å². The first kappa shape index (κ1) is 19.0. The second kappa shape index (κ2) is 6.50. The molecule has 134 valence electrons. The summed E-state index contributed by atoms with van der Waals surface area (Å²) in [5, 5.41) is 2.75. The number of nitrogens with one attached hydrogen (secondary N) is 1. The molecule has 0 spiro atoms. The highest BCUT2D eigenvalue weighted by molar-refractivity contribution is 6.00. The van der Waals surface area contributed by atoms with Crippen LogP contribution >= 0.6 is 12.4 Å². The van der Waals surface area contributed by atoms with E-state index in [0.717, 1.165) is 12.8 Å². The predicted molar refractivity (Wildman–Crippen MR) is 92.0 cm³/mol. The zero-order valence-corrected chi connectivity index (χ0v) is 14.9. The molecule has 1 saturated carbocycles. The van der Waals surface area contributed by atoms with Crippen LogP contribution in [0.2, 0.25) is 0 Å². The molecule has 1 heterocycles. The van der Waals surface area contributed by atoms with Gasteiger partial charge in [-0.1, -0.05) is 13.8 Å². The lowest BCUT2D eigenvalue weighted by atomic mass is 9.46. The van der Waals surface area contributed by atoms with E-state index in [0.29, 0.717) is 12.3 Å². The predicted octanol–water partition coefficient (Wildman–Crippen LogP) is 2.73. The minimum absolute atomic E-state index is 0. The average Bonchev–Trinajstić information content (AvgIpc) is 2.54. The Morgan fingerprint density at radius 1 is 1.46 bits per heavy atom. The maximum atomic E-state index is 13.8.